The lowest BCUT2D eigenvalue weighted by molar-refractivity contribution is -0.384. The largest absolute Gasteiger partial charge is 0.416 e. The summed E-state index contributed by atoms with van der Waals surface area (Å²) in [5.41, 5.74) is 3.08. The van der Waals surface area contributed by atoms with Gasteiger partial charge in [-0.2, -0.15) is 18.3 Å². The van der Waals surface area contributed by atoms with Crippen molar-refractivity contribution in [2.24, 2.45) is 0 Å². The first kappa shape index (κ1) is 18.8. The van der Waals surface area contributed by atoms with Gasteiger partial charge < -0.3 is 0 Å². The maximum atomic E-state index is 12.7. The quantitative estimate of drug-likeness (QED) is 0.510. The normalized spacial score (nSPS) is 11.1. The summed E-state index contributed by atoms with van der Waals surface area (Å²) in [5.74, 6) is -0.640. The number of hydrazine groups is 1. The number of nitro groups is 1. The Balaban J connectivity index is 1.73. The fourth-order valence-electron chi connectivity index (χ4n) is 2.27. The van der Waals surface area contributed by atoms with Crippen molar-refractivity contribution in [1.29, 1.82) is 0 Å². The minimum atomic E-state index is -4.72. The number of hydrogen-bond donors (Lipinski definition) is 2. The predicted octanol–water partition coefficient (Wildman–Crippen LogP) is 2.95. The minimum absolute atomic E-state index is 0.214. The van der Waals surface area contributed by atoms with E-state index >= 15 is 0 Å². The molecule has 12 heteroatoms. The highest BCUT2D eigenvalue weighted by atomic mass is 19.4. The highest BCUT2D eigenvalue weighted by Crippen LogP contribution is 2.34. The van der Waals surface area contributed by atoms with Crippen LogP contribution < -0.4 is 10.9 Å². The Morgan fingerprint density at radius 1 is 1.14 bits per heavy atom. The van der Waals surface area contributed by atoms with Crippen LogP contribution in [0, 0.1) is 10.1 Å². The summed E-state index contributed by atoms with van der Waals surface area (Å²) in [5, 5.41) is 15.0. The molecule has 0 saturated heterocycles. The van der Waals surface area contributed by atoms with E-state index in [1.807, 2.05) is 0 Å². The number of nitro benzene ring substituents is 1. The summed E-state index contributed by atoms with van der Waals surface area (Å²) >= 11 is 0. The lowest BCUT2D eigenvalue weighted by atomic mass is 10.1. The van der Waals surface area contributed by atoms with Gasteiger partial charge in [-0.15, -0.1) is 0 Å². The van der Waals surface area contributed by atoms with Crippen LogP contribution in [0.3, 0.4) is 0 Å². The van der Waals surface area contributed by atoms with Crippen LogP contribution in [-0.4, -0.2) is 25.6 Å². The average molecular weight is 392 g/mol. The van der Waals surface area contributed by atoms with Gasteiger partial charge in [0.1, 0.15) is 18.3 Å². The smallest absolute Gasteiger partial charge is 0.292 e. The molecule has 0 atom stereocenters. The van der Waals surface area contributed by atoms with Gasteiger partial charge in [0.05, 0.1) is 16.2 Å². The summed E-state index contributed by atoms with van der Waals surface area (Å²) in [6.45, 7) is 0. The number of nitrogens with one attached hydrogen (secondary N) is 2. The van der Waals surface area contributed by atoms with Gasteiger partial charge in [-0.3, -0.25) is 25.8 Å². The molecule has 3 rings (SSSR count). The van der Waals surface area contributed by atoms with Crippen molar-refractivity contribution in [2.75, 3.05) is 5.43 Å². The van der Waals surface area contributed by atoms with Crippen molar-refractivity contribution < 1.29 is 22.9 Å². The molecule has 3 aromatic rings. The van der Waals surface area contributed by atoms with E-state index in [-0.39, 0.29) is 11.3 Å². The molecule has 0 bridgehead atoms. The fourth-order valence-corrected chi connectivity index (χ4v) is 2.27. The Morgan fingerprint density at radius 2 is 1.86 bits per heavy atom. The topological polar surface area (TPSA) is 115 Å². The van der Waals surface area contributed by atoms with Gasteiger partial charge in [-0.05, 0) is 36.4 Å². The third kappa shape index (κ3) is 4.06. The highest BCUT2D eigenvalue weighted by molar-refractivity contribution is 5.95. The number of nitrogens with zero attached hydrogens (tertiary/aromatic N) is 4. The molecule has 0 saturated carbocycles. The molecule has 0 aliphatic carbocycles. The molecule has 2 N–H and O–H groups in total. The molecule has 9 nitrogen and oxygen atoms in total. The summed E-state index contributed by atoms with van der Waals surface area (Å²) < 4.78 is 39.6. The molecule has 1 amide bonds. The van der Waals surface area contributed by atoms with Crippen molar-refractivity contribution >= 4 is 17.3 Å². The SMILES string of the molecule is O=C(NNc1ccc(C(F)(F)F)cc1[N+](=O)[O-])c1ccc(-n2cncn2)cc1. The third-order valence-electron chi connectivity index (χ3n) is 3.65. The predicted molar refractivity (Wildman–Crippen MR) is 90.5 cm³/mol. The van der Waals surface area contributed by atoms with Gasteiger partial charge in [0.15, 0.2) is 0 Å². The molecular formula is C16H11F3N6O3. The zero-order valence-corrected chi connectivity index (χ0v) is 13.8. The van der Waals surface area contributed by atoms with E-state index in [4.69, 9.17) is 0 Å². The van der Waals surface area contributed by atoms with Crippen LogP contribution in [0.5, 0.6) is 0 Å². The molecular weight excluding hydrogens is 381 g/mol. The minimum Gasteiger partial charge on any atom is -0.292 e. The number of hydrogen-bond acceptors (Lipinski definition) is 6. The van der Waals surface area contributed by atoms with Gasteiger partial charge in [-0.1, -0.05) is 0 Å². The van der Waals surface area contributed by atoms with E-state index < -0.39 is 28.3 Å². The standard InChI is InChI=1S/C16H11F3N6O3/c17-16(18,19)11-3-6-13(14(7-11)25(27)28)22-23-15(26)10-1-4-12(5-2-10)24-9-20-8-21-24/h1-9,22H,(H,23,26). The van der Waals surface area contributed by atoms with Crippen molar-refractivity contribution in [3.05, 3.63) is 76.4 Å². The molecule has 1 heterocycles. The number of carbonyl (C=O) groups excluding carboxylic acids is 1. The first-order valence-electron chi connectivity index (χ1n) is 7.63. The van der Waals surface area contributed by atoms with E-state index in [0.29, 0.717) is 17.8 Å². The zero-order chi connectivity index (χ0) is 20.3. The van der Waals surface area contributed by atoms with Crippen LogP contribution in [0.4, 0.5) is 24.5 Å². The Morgan fingerprint density at radius 3 is 2.43 bits per heavy atom. The average Bonchev–Trinajstić information content (AvgIpc) is 3.20. The second-order valence-electron chi connectivity index (χ2n) is 5.45. The van der Waals surface area contributed by atoms with Crippen LogP contribution >= 0.6 is 0 Å². The van der Waals surface area contributed by atoms with Crippen LogP contribution in [0.2, 0.25) is 0 Å². The maximum Gasteiger partial charge on any atom is 0.416 e. The van der Waals surface area contributed by atoms with Gasteiger partial charge in [0.25, 0.3) is 11.6 Å². The van der Waals surface area contributed by atoms with E-state index in [0.717, 1.165) is 6.07 Å². The third-order valence-corrected chi connectivity index (χ3v) is 3.65. The van der Waals surface area contributed by atoms with Crippen molar-refractivity contribution in [1.82, 2.24) is 20.2 Å². The molecule has 28 heavy (non-hydrogen) atoms. The molecule has 144 valence electrons. The first-order chi connectivity index (χ1) is 13.3. The van der Waals surface area contributed by atoms with Crippen LogP contribution in [0.15, 0.2) is 55.1 Å². The van der Waals surface area contributed by atoms with E-state index in [2.05, 4.69) is 20.9 Å². The maximum absolute atomic E-state index is 12.7. The van der Waals surface area contributed by atoms with Gasteiger partial charge >= 0.3 is 6.18 Å². The zero-order valence-electron chi connectivity index (χ0n) is 13.8. The number of benzene rings is 2. The molecule has 0 aliphatic rings. The lowest BCUT2D eigenvalue weighted by Crippen LogP contribution is -2.29. The monoisotopic (exact) mass is 392 g/mol. The lowest BCUT2D eigenvalue weighted by Gasteiger charge is -2.11. The first-order valence-corrected chi connectivity index (χ1v) is 7.63. The molecule has 2 aromatic carbocycles. The number of aromatic nitrogens is 3. The van der Waals surface area contributed by atoms with E-state index in [9.17, 15) is 28.1 Å². The molecule has 0 aliphatic heterocycles. The summed E-state index contributed by atoms with van der Waals surface area (Å²) in [7, 11) is 0. The molecule has 0 fully saturated rings. The van der Waals surface area contributed by atoms with Gasteiger partial charge in [0.2, 0.25) is 0 Å². The highest BCUT2D eigenvalue weighted by Gasteiger charge is 2.33. The Hall–Kier alpha value is -3.96. The number of rotatable bonds is 5. The van der Waals surface area contributed by atoms with E-state index in [1.165, 1.54) is 29.5 Å². The Bertz CT molecular complexity index is 1000. The van der Waals surface area contributed by atoms with Crippen LogP contribution in [-0.2, 0) is 6.18 Å². The molecule has 1 aromatic heterocycles. The fraction of sp³-hybridized carbons (Fsp3) is 0.0625. The van der Waals surface area contributed by atoms with Crippen molar-refractivity contribution in [3.63, 3.8) is 0 Å². The van der Waals surface area contributed by atoms with Crippen molar-refractivity contribution in [2.45, 2.75) is 6.18 Å². The van der Waals surface area contributed by atoms with Crippen LogP contribution in [0.25, 0.3) is 5.69 Å². The second kappa shape index (κ2) is 7.34. The molecule has 0 radical (unpaired) electrons. The van der Waals surface area contributed by atoms with Crippen LogP contribution in [0.1, 0.15) is 15.9 Å². The number of halogens is 3. The summed E-state index contributed by atoms with van der Waals surface area (Å²) in [4.78, 5) is 26.0. The summed E-state index contributed by atoms with van der Waals surface area (Å²) in [6, 6.07) is 8.10. The Kier molecular flexibility index (Phi) is 4.94. The van der Waals surface area contributed by atoms with Gasteiger partial charge in [-0.25, -0.2) is 9.67 Å². The Labute approximate surface area is 154 Å². The number of amides is 1. The van der Waals surface area contributed by atoms with Gasteiger partial charge in [0, 0.05) is 11.6 Å². The van der Waals surface area contributed by atoms with Crippen molar-refractivity contribution in [3.8, 4) is 5.69 Å². The molecule has 0 spiro atoms. The number of anilines is 1. The number of carbonyl (C=O) groups is 1. The second-order valence-corrected chi connectivity index (χ2v) is 5.45. The number of alkyl halides is 3. The summed E-state index contributed by atoms with van der Waals surface area (Å²) in [6.07, 6.45) is -1.90. The van der Waals surface area contributed by atoms with E-state index in [1.54, 1.807) is 12.1 Å². The molecule has 0 unspecified atom stereocenters.